The Morgan fingerprint density at radius 1 is 1.04 bits per heavy atom. The lowest BCUT2D eigenvalue weighted by Gasteiger charge is -2.33. The Kier molecular flexibility index (Phi) is 5.27. The third-order valence-corrected chi connectivity index (χ3v) is 4.29. The van der Waals surface area contributed by atoms with Gasteiger partial charge in [0.2, 0.25) is 11.8 Å². The predicted octanol–water partition coefficient (Wildman–Crippen LogP) is 0.957. The predicted molar refractivity (Wildman–Crippen MR) is 80.9 cm³/mol. The van der Waals surface area contributed by atoms with Crippen molar-refractivity contribution >= 4 is 0 Å². The first-order valence-corrected chi connectivity index (χ1v) is 7.23. The molecule has 0 aliphatic heterocycles. The van der Waals surface area contributed by atoms with Gasteiger partial charge in [-0.05, 0) is 12.5 Å². The van der Waals surface area contributed by atoms with E-state index in [0.717, 1.165) is 0 Å². The average Bonchev–Trinajstić information content (AvgIpc) is 2.55. The van der Waals surface area contributed by atoms with E-state index in [1.165, 1.54) is 21.3 Å². The van der Waals surface area contributed by atoms with Crippen LogP contribution in [0.25, 0.3) is 0 Å². The molecule has 0 aromatic heterocycles. The molecule has 1 aromatic rings. The smallest absolute Gasteiger partial charge is 0.222 e. The molecule has 1 aliphatic rings. The summed E-state index contributed by atoms with van der Waals surface area (Å²) in [6, 6.07) is 2.30. The second-order valence-corrected chi connectivity index (χ2v) is 5.49. The molecule has 2 rings (SSSR count). The minimum atomic E-state index is -1.10. The zero-order valence-electron chi connectivity index (χ0n) is 13.3. The van der Waals surface area contributed by atoms with E-state index in [-0.39, 0.29) is 12.8 Å². The minimum Gasteiger partial charge on any atom is -0.493 e. The summed E-state index contributed by atoms with van der Waals surface area (Å²) in [5, 5.41) is 31.1. The standard InChI is InChI=1S/C15H21NO7/c1-21-13-5-4-8(14(22-2)15(13)23-3)9-6-11(17)12(18)7-10(9)16(19)20/h4-5,9-12,17-18H,6-7H2,1-3H3/t9-,10+,11+,12+/m1/s1. The molecule has 0 spiro atoms. The Balaban J connectivity index is 2.52. The molecule has 2 N–H and O–H groups in total. The second kappa shape index (κ2) is 7.01. The Hall–Kier alpha value is -2.06. The second-order valence-electron chi connectivity index (χ2n) is 5.49. The first-order valence-electron chi connectivity index (χ1n) is 7.23. The van der Waals surface area contributed by atoms with Gasteiger partial charge < -0.3 is 24.4 Å². The number of aliphatic hydroxyl groups is 2. The molecule has 128 valence electrons. The Bertz CT molecular complexity index is 577. The molecule has 0 heterocycles. The molecule has 1 fully saturated rings. The van der Waals surface area contributed by atoms with Crippen molar-refractivity contribution in [3.63, 3.8) is 0 Å². The highest BCUT2D eigenvalue weighted by molar-refractivity contribution is 5.57. The number of hydrogen-bond donors (Lipinski definition) is 2. The number of aliphatic hydroxyl groups excluding tert-OH is 2. The first-order chi connectivity index (χ1) is 10.9. The van der Waals surface area contributed by atoms with Crippen molar-refractivity contribution in [2.45, 2.75) is 37.0 Å². The molecule has 1 saturated carbocycles. The van der Waals surface area contributed by atoms with Crippen molar-refractivity contribution in [2.24, 2.45) is 0 Å². The number of rotatable bonds is 5. The third kappa shape index (κ3) is 3.18. The molecule has 0 saturated heterocycles. The van der Waals surface area contributed by atoms with E-state index >= 15 is 0 Å². The summed E-state index contributed by atoms with van der Waals surface area (Å²) >= 11 is 0. The number of methoxy groups -OCH3 is 3. The normalized spacial score (nSPS) is 27.3. The SMILES string of the molecule is COc1ccc([C@H]2C[C@H](O)[C@@H](O)C[C@@H]2[N+](=O)[O-])c(OC)c1OC. The minimum absolute atomic E-state index is 0.0681. The summed E-state index contributed by atoms with van der Waals surface area (Å²) in [6.07, 6.45) is -2.17. The van der Waals surface area contributed by atoms with E-state index in [1.807, 2.05) is 0 Å². The highest BCUT2D eigenvalue weighted by atomic mass is 16.6. The monoisotopic (exact) mass is 327 g/mol. The van der Waals surface area contributed by atoms with Gasteiger partial charge in [0.05, 0.1) is 39.5 Å². The van der Waals surface area contributed by atoms with Crippen LogP contribution in [0.3, 0.4) is 0 Å². The number of nitro groups is 1. The van der Waals surface area contributed by atoms with Gasteiger partial charge >= 0.3 is 0 Å². The fourth-order valence-corrected chi connectivity index (χ4v) is 3.13. The zero-order chi connectivity index (χ0) is 17.1. The topological polar surface area (TPSA) is 111 Å². The number of hydrogen-bond acceptors (Lipinski definition) is 7. The Morgan fingerprint density at radius 3 is 2.17 bits per heavy atom. The van der Waals surface area contributed by atoms with Crippen LogP contribution in [0, 0.1) is 10.1 Å². The average molecular weight is 327 g/mol. The van der Waals surface area contributed by atoms with Crippen molar-refractivity contribution in [1.82, 2.24) is 0 Å². The van der Waals surface area contributed by atoms with Crippen molar-refractivity contribution < 1.29 is 29.3 Å². The van der Waals surface area contributed by atoms with Crippen LogP contribution in [0.1, 0.15) is 24.3 Å². The van der Waals surface area contributed by atoms with E-state index < -0.39 is 29.1 Å². The van der Waals surface area contributed by atoms with Crippen LogP contribution in [0.15, 0.2) is 12.1 Å². The van der Waals surface area contributed by atoms with Crippen LogP contribution in [0.4, 0.5) is 0 Å². The van der Waals surface area contributed by atoms with Crippen molar-refractivity contribution in [1.29, 1.82) is 0 Å². The fourth-order valence-electron chi connectivity index (χ4n) is 3.13. The molecule has 0 unspecified atom stereocenters. The summed E-state index contributed by atoms with van der Waals surface area (Å²) in [5.41, 5.74) is 0.554. The maximum atomic E-state index is 11.4. The lowest BCUT2D eigenvalue weighted by Crippen LogP contribution is -2.44. The van der Waals surface area contributed by atoms with Gasteiger partial charge in [-0.1, -0.05) is 6.07 Å². The lowest BCUT2D eigenvalue weighted by molar-refractivity contribution is -0.533. The maximum Gasteiger partial charge on any atom is 0.222 e. The quantitative estimate of drug-likeness (QED) is 0.612. The van der Waals surface area contributed by atoms with Crippen molar-refractivity contribution in [3.05, 3.63) is 27.8 Å². The molecule has 1 aromatic carbocycles. The molecular weight excluding hydrogens is 306 g/mol. The van der Waals surface area contributed by atoms with E-state index in [9.17, 15) is 20.3 Å². The van der Waals surface area contributed by atoms with Crippen LogP contribution in [0.2, 0.25) is 0 Å². The van der Waals surface area contributed by atoms with Gasteiger partial charge in [-0.3, -0.25) is 10.1 Å². The van der Waals surface area contributed by atoms with Gasteiger partial charge in [0.15, 0.2) is 11.5 Å². The molecule has 8 nitrogen and oxygen atoms in total. The molecule has 0 radical (unpaired) electrons. The summed E-state index contributed by atoms with van der Waals surface area (Å²) < 4.78 is 15.9. The van der Waals surface area contributed by atoms with Gasteiger partial charge in [-0.15, -0.1) is 0 Å². The van der Waals surface area contributed by atoms with E-state index in [4.69, 9.17) is 14.2 Å². The molecule has 0 amide bonds. The van der Waals surface area contributed by atoms with Crippen LogP contribution in [-0.2, 0) is 0 Å². The van der Waals surface area contributed by atoms with E-state index in [1.54, 1.807) is 12.1 Å². The lowest BCUT2D eigenvalue weighted by atomic mass is 9.77. The van der Waals surface area contributed by atoms with Crippen LogP contribution < -0.4 is 14.2 Å². The fraction of sp³-hybridized carbons (Fsp3) is 0.600. The highest BCUT2D eigenvalue weighted by Gasteiger charge is 2.44. The molecule has 4 atom stereocenters. The van der Waals surface area contributed by atoms with E-state index in [0.29, 0.717) is 22.8 Å². The maximum absolute atomic E-state index is 11.4. The number of ether oxygens (including phenoxy) is 3. The Morgan fingerprint density at radius 2 is 1.65 bits per heavy atom. The number of benzene rings is 1. The first kappa shape index (κ1) is 17.3. The zero-order valence-corrected chi connectivity index (χ0v) is 13.3. The van der Waals surface area contributed by atoms with Crippen molar-refractivity contribution in [2.75, 3.05) is 21.3 Å². The van der Waals surface area contributed by atoms with Gasteiger partial charge in [0, 0.05) is 16.9 Å². The highest BCUT2D eigenvalue weighted by Crippen LogP contribution is 2.46. The molecule has 23 heavy (non-hydrogen) atoms. The van der Waals surface area contributed by atoms with E-state index in [2.05, 4.69) is 0 Å². The largest absolute Gasteiger partial charge is 0.493 e. The van der Waals surface area contributed by atoms with Gasteiger partial charge in [-0.25, -0.2) is 0 Å². The third-order valence-electron chi connectivity index (χ3n) is 4.29. The summed E-state index contributed by atoms with van der Waals surface area (Å²) in [4.78, 5) is 11.0. The van der Waals surface area contributed by atoms with Crippen LogP contribution in [0.5, 0.6) is 17.2 Å². The summed E-state index contributed by atoms with van der Waals surface area (Å²) in [6.45, 7) is 0. The van der Waals surface area contributed by atoms with Crippen molar-refractivity contribution in [3.8, 4) is 17.2 Å². The van der Waals surface area contributed by atoms with Crippen LogP contribution >= 0.6 is 0 Å². The number of nitrogens with zero attached hydrogens (tertiary/aromatic N) is 1. The summed E-state index contributed by atoms with van der Waals surface area (Å²) in [7, 11) is 4.38. The molecular formula is C15H21NO7. The molecule has 1 aliphatic carbocycles. The van der Waals surface area contributed by atoms with Crippen LogP contribution in [-0.4, -0.2) is 54.7 Å². The molecule has 8 heteroatoms. The Labute approximate surface area is 133 Å². The summed E-state index contributed by atoms with van der Waals surface area (Å²) in [5.74, 6) is 0.530. The van der Waals surface area contributed by atoms with Gasteiger partial charge in [0.25, 0.3) is 0 Å². The molecule has 0 bridgehead atoms. The van der Waals surface area contributed by atoms with Gasteiger partial charge in [-0.2, -0.15) is 0 Å². The van der Waals surface area contributed by atoms with Gasteiger partial charge in [0.1, 0.15) is 0 Å².